The normalized spacial score (nSPS) is 25.9. The number of halogens is 2. The second kappa shape index (κ2) is 9.67. The molecule has 0 bridgehead atoms. The van der Waals surface area contributed by atoms with Crippen molar-refractivity contribution in [2.24, 2.45) is 17.8 Å². The average molecular weight is 429 g/mol. The maximum Gasteiger partial charge on any atom is 0.340 e. The molecule has 31 heavy (non-hydrogen) atoms. The Bertz CT molecular complexity index is 938. The van der Waals surface area contributed by atoms with Crippen molar-refractivity contribution in [2.45, 2.75) is 77.0 Å². The molecule has 0 spiro atoms. The highest BCUT2D eigenvalue weighted by atomic mass is 19.1. The summed E-state index contributed by atoms with van der Waals surface area (Å²) < 4.78 is 34.5. The van der Waals surface area contributed by atoms with Crippen molar-refractivity contribution in [1.82, 2.24) is 0 Å². The minimum atomic E-state index is -0.743. The molecule has 0 radical (unpaired) electrons. The molecule has 2 aliphatic rings. The van der Waals surface area contributed by atoms with E-state index < -0.39 is 11.8 Å². The van der Waals surface area contributed by atoms with E-state index in [2.05, 4.69) is 11.7 Å². The maximum absolute atomic E-state index is 15.1. The zero-order valence-corrected chi connectivity index (χ0v) is 18.8. The Kier molecular flexibility index (Phi) is 6.93. The molecular formula is C27H34F2O2. The molecule has 2 fully saturated rings. The van der Waals surface area contributed by atoms with Crippen LogP contribution in [0.1, 0.15) is 93.0 Å². The Morgan fingerprint density at radius 3 is 2.58 bits per heavy atom. The van der Waals surface area contributed by atoms with Gasteiger partial charge >= 0.3 is 5.97 Å². The summed E-state index contributed by atoms with van der Waals surface area (Å²) >= 11 is 0. The number of unbranched alkanes of at least 4 members (excludes halogenated alkanes) is 2. The third-order valence-electron chi connectivity index (χ3n) is 7.85. The molecule has 0 aliphatic heterocycles. The number of carbonyl (C=O) groups excluding carboxylic acids is 1. The van der Waals surface area contributed by atoms with Gasteiger partial charge in [-0.25, -0.2) is 13.6 Å². The summed E-state index contributed by atoms with van der Waals surface area (Å²) in [7, 11) is 1.21. The number of fused-ring (bicyclic) bond motifs is 2. The number of ether oxygens (including phenoxy) is 1. The molecule has 4 atom stereocenters. The average Bonchev–Trinajstić information content (AvgIpc) is 2.79. The van der Waals surface area contributed by atoms with Gasteiger partial charge in [0.05, 0.1) is 12.7 Å². The van der Waals surface area contributed by atoms with Gasteiger partial charge in [0.2, 0.25) is 0 Å². The van der Waals surface area contributed by atoms with Gasteiger partial charge in [0.25, 0.3) is 0 Å². The molecule has 2 saturated carbocycles. The molecule has 2 nitrogen and oxygen atoms in total. The largest absolute Gasteiger partial charge is 0.465 e. The van der Waals surface area contributed by atoms with Crippen LogP contribution < -0.4 is 0 Å². The molecule has 168 valence electrons. The summed E-state index contributed by atoms with van der Waals surface area (Å²) in [5.74, 6) is 0.756. The first kappa shape index (κ1) is 22.2. The Morgan fingerprint density at radius 2 is 1.81 bits per heavy atom. The second-order valence-corrected chi connectivity index (χ2v) is 9.72. The third-order valence-corrected chi connectivity index (χ3v) is 7.85. The van der Waals surface area contributed by atoms with Gasteiger partial charge in [-0.05, 0) is 84.9 Å². The first-order chi connectivity index (χ1) is 15.0. The molecular weight excluding hydrogens is 394 g/mol. The van der Waals surface area contributed by atoms with E-state index in [-0.39, 0.29) is 22.7 Å². The van der Waals surface area contributed by atoms with Gasteiger partial charge in [0.1, 0.15) is 11.6 Å². The maximum atomic E-state index is 15.1. The number of carbonyl (C=O) groups is 1. The van der Waals surface area contributed by atoms with Crippen LogP contribution in [0.3, 0.4) is 0 Å². The molecule has 2 aromatic carbocycles. The van der Waals surface area contributed by atoms with Crippen molar-refractivity contribution in [3.63, 3.8) is 0 Å². The van der Waals surface area contributed by atoms with E-state index in [9.17, 15) is 9.18 Å². The van der Waals surface area contributed by atoms with Gasteiger partial charge in [-0.15, -0.1) is 0 Å². The lowest BCUT2D eigenvalue weighted by Crippen LogP contribution is -2.30. The lowest BCUT2D eigenvalue weighted by molar-refractivity contribution is 0.0596. The topological polar surface area (TPSA) is 26.3 Å². The molecule has 4 rings (SSSR count). The van der Waals surface area contributed by atoms with Crippen molar-refractivity contribution in [2.75, 3.05) is 7.11 Å². The second-order valence-electron chi connectivity index (χ2n) is 9.72. The Balaban J connectivity index is 1.49. The highest BCUT2D eigenvalue weighted by Gasteiger charge is 2.36. The fourth-order valence-electron chi connectivity index (χ4n) is 6.12. The van der Waals surface area contributed by atoms with E-state index in [1.54, 1.807) is 12.1 Å². The van der Waals surface area contributed by atoms with Gasteiger partial charge in [-0.1, -0.05) is 45.1 Å². The fraction of sp³-hybridized carbons (Fsp3) is 0.593. The number of esters is 1. The summed E-state index contributed by atoms with van der Waals surface area (Å²) in [4.78, 5) is 11.8. The fourth-order valence-corrected chi connectivity index (χ4v) is 6.12. The van der Waals surface area contributed by atoms with E-state index in [0.29, 0.717) is 16.9 Å². The van der Waals surface area contributed by atoms with E-state index in [4.69, 9.17) is 0 Å². The molecule has 0 N–H and O–H groups in total. The van der Waals surface area contributed by atoms with Gasteiger partial charge in [0, 0.05) is 5.39 Å². The van der Waals surface area contributed by atoms with Crippen LogP contribution in [-0.2, 0) is 4.74 Å². The molecule has 0 saturated heterocycles. The predicted molar refractivity (Wildman–Crippen MR) is 120 cm³/mol. The molecule has 2 aliphatic carbocycles. The molecule has 0 aromatic heterocycles. The monoisotopic (exact) mass is 428 g/mol. The van der Waals surface area contributed by atoms with Crippen molar-refractivity contribution in [1.29, 1.82) is 0 Å². The quantitative estimate of drug-likeness (QED) is 0.347. The summed E-state index contributed by atoms with van der Waals surface area (Å²) in [6, 6.07) is 6.20. The van der Waals surface area contributed by atoms with Crippen molar-refractivity contribution in [3.05, 3.63) is 47.0 Å². The van der Waals surface area contributed by atoms with Gasteiger partial charge in [-0.2, -0.15) is 0 Å². The molecule has 0 heterocycles. The Labute approximate surface area is 184 Å². The van der Waals surface area contributed by atoms with E-state index in [0.717, 1.165) is 24.7 Å². The summed E-state index contributed by atoms with van der Waals surface area (Å²) in [5.41, 5.74) is 0.555. The van der Waals surface area contributed by atoms with Crippen LogP contribution in [0.25, 0.3) is 10.8 Å². The summed E-state index contributed by atoms with van der Waals surface area (Å²) in [5, 5.41) is 0.786. The highest BCUT2D eigenvalue weighted by Crippen LogP contribution is 2.49. The number of benzene rings is 2. The standard InChI is InChI=1S/C27H34F2O2/c1-3-4-5-6-17-7-8-19-14-20(10-9-18(19)13-17)23-15-21-11-12-22(27(30)31-2)26(29)24(21)16-25(23)28/h11-12,15-20H,3-10,13-14H2,1-2H3. The van der Waals surface area contributed by atoms with Crippen molar-refractivity contribution >= 4 is 16.7 Å². The van der Waals surface area contributed by atoms with Crippen LogP contribution in [-0.4, -0.2) is 13.1 Å². The molecule has 2 aromatic rings. The SMILES string of the molecule is CCCCCC1CCC2CC(c3cc4ccc(C(=O)OC)c(F)c4cc3F)CCC2C1. The number of rotatable bonds is 6. The smallest absolute Gasteiger partial charge is 0.340 e. The Morgan fingerprint density at radius 1 is 1.03 bits per heavy atom. The zero-order chi connectivity index (χ0) is 22.0. The van der Waals surface area contributed by atoms with E-state index in [1.165, 1.54) is 70.6 Å². The first-order valence-electron chi connectivity index (χ1n) is 12.0. The third kappa shape index (κ3) is 4.63. The lowest BCUT2D eigenvalue weighted by Gasteiger charge is -2.42. The van der Waals surface area contributed by atoms with Gasteiger partial charge in [0.15, 0.2) is 0 Å². The van der Waals surface area contributed by atoms with Crippen LogP contribution in [0.4, 0.5) is 8.78 Å². The van der Waals surface area contributed by atoms with Crippen molar-refractivity contribution < 1.29 is 18.3 Å². The minimum Gasteiger partial charge on any atom is -0.465 e. The summed E-state index contributed by atoms with van der Waals surface area (Å²) in [6.45, 7) is 2.26. The predicted octanol–water partition coefficient (Wildman–Crippen LogP) is 7.78. The van der Waals surface area contributed by atoms with Crippen molar-refractivity contribution in [3.8, 4) is 0 Å². The van der Waals surface area contributed by atoms with Crippen LogP contribution in [0.15, 0.2) is 24.3 Å². The summed E-state index contributed by atoms with van der Waals surface area (Å²) in [6.07, 6.45) is 12.5. The number of hydrogen-bond acceptors (Lipinski definition) is 2. The Hall–Kier alpha value is -1.97. The molecule has 4 unspecified atom stereocenters. The zero-order valence-electron chi connectivity index (χ0n) is 18.8. The van der Waals surface area contributed by atoms with Crippen LogP contribution in [0.5, 0.6) is 0 Å². The van der Waals surface area contributed by atoms with E-state index >= 15 is 4.39 Å². The van der Waals surface area contributed by atoms with E-state index in [1.807, 2.05) is 0 Å². The number of methoxy groups -OCH3 is 1. The lowest BCUT2D eigenvalue weighted by atomic mass is 9.63. The van der Waals surface area contributed by atoms with Crippen LogP contribution >= 0.6 is 0 Å². The van der Waals surface area contributed by atoms with Gasteiger partial charge in [-0.3, -0.25) is 0 Å². The highest BCUT2D eigenvalue weighted by molar-refractivity contribution is 5.96. The number of hydrogen-bond donors (Lipinski definition) is 0. The molecule has 0 amide bonds. The van der Waals surface area contributed by atoms with Crippen LogP contribution in [0.2, 0.25) is 0 Å². The molecule has 4 heteroatoms. The van der Waals surface area contributed by atoms with Gasteiger partial charge < -0.3 is 4.74 Å². The minimum absolute atomic E-state index is 0.144. The first-order valence-corrected chi connectivity index (χ1v) is 12.0. The van der Waals surface area contributed by atoms with Crippen LogP contribution in [0, 0.1) is 29.4 Å².